The van der Waals surface area contributed by atoms with Gasteiger partial charge in [-0.15, -0.1) is 0 Å². The van der Waals surface area contributed by atoms with E-state index in [2.05, 4.69) is 39.9 Å². The van der Waals surface area contributed by atoms with Gasteiger partial charge in [0.1, 0.15) is 0 Å². The van der Waals surface area contributed by atoms with Crippen molar-refractivity contribution in [2.75, 3.05) is 38.1 Å². The zero-order chi connectivity index (χ0) is 15.8. The lowest BCUT2D eigenvalue weighted by Gasteiger charge is -2.45. The summed E-state index contributed by atoms with van der Waals surface area (Å²) in [6, 6.07) is 12.7. The lowest BCUT2D eigenvalue weighted by Crippen LogP contribution is -2.55. The molecule has 4 rings (SSSR count). The van der Waals surface area contributed by atoms with Crippen LogP contribution in [0.3, 0.4) is 0 Å². The van der Waals surface area contributed by atoms with E-state index in [4.69, 9.17) is 5.26 Å². The molecular weight excluding hydrogens is 284 g/mol. The Balaban J connectivity index is 1.35. The van der Waals surface area contributed by atoms with Crippen molar-refractivity contribution < 1.29 is 0 Å². The number of piperazine rings is 1. The van der Waals surface area contributed by atoms with Crippen LogP contribution in [-0.4, -0.2) is 61.2 Å². The predicted octanol–water partition coefficient (Wildman–Crippen LogP) is 2.31. The summed E-state index contributed by atoms with van der Waals surface area (Å²) in [4.78, 5) is 7.82. The first-order chi connectivity index (χ1) is 11.2. The van der Waals surface area contributed by atoms with E-state index < -0.39 is 0 Å². The molecule has 2 unspecified atom stereocenters. The van der Waals surface area contributed by atoms with Crippen molar-refractivity contribution in [1.29, 1.82) is 5.26 Å². The van der Waals surface area contributed by atoms with Crippen molar-refractivity contribution in [3.8, 4) is 6.07 Å². The van der Waals surface area contributed by atoms with E-state index in [-0.39, 0.29) is 0 Å². The highest BCUT2D eigenvalue weighted by molar-refractivity contribution is 5.50. The smallest absolute Gasteiger partial charge is 0.0991 e. The van der Waals surface area contributed by atoms with Crippen molar-refractivity contribution in [3.05, 3.63) is 29.8 Å². The van der Waals surface area contributed by atoms with E-state index in [9.17, 15) is 0 Å². The number of hydrogen-bond acceptors (Lipinski definition) is 4. The monoisotopic (exact) mass is 310 g/mol. The molecule has 3 saturated heterocycles. The van der Waals surface area contributed by atoms with E-state index in [1.807, 2.05) is 12.1 Å². The summed E-state index contributed by atoms with van der Waals surface area (Å²) < 4.78 is 0. The highest BCUT2D eigenvalue weighted by Gasteiger charge is 2.40. The number of hydrogen-bond donors (Lipinski definition) is 0. The zero-order valence-corrected chi connectivity index (χ0v) is 14.0. The van der Waals surface area contributed by atoms with Gasteiger partial charge in [0.05, 0.1) is 11.6 Å². The Morgan fingerprint density at radius 1 is 0.913 bits per heavy atom. The van der Waals surface area contributed by atoms with E-state index in [1.165, 1.54) is 44.5 Å². The number of fused-ring (bicyclic) bond motifs is 2. The Labute approximate surface area is 139 Å². The molecule has 1 aromatic rings. The van der Waals surface area contributed by atoms with E-state index in [1.54, 1.807) is 0 Å². The van der Waals surface area contributed by atoms with Gasteiger partial charge in [0.15, 0.2) is 0 Å². The minimum atomic E-state index is 0.745. The van der Waals surface area contributed by atoms with Crippen LogP contribution in [-0.2, 0) is 0 Å². The van der Waals surface area contributed by atoms with Crippen LogP contribution in [0.25, 0.3) is 0 Å². The third kappa shape index (κ3) is 2.84. The molecule has 2 bridgehead atoms. The second-order valence-corrected chi connectivity index (χ2v) is 7.36. The lowest BCUT2D eigenvalue weighted by atomic mass is 9.96. The van der Waals surface area contributed by atoms with Gasteiger partial charge in [-0.1, -0.05) is 0 Å². The van der Waals surface area contributed by atoms with Gasteiger partial charge >= 0.3 is 0 Å². The minimum absolute atomic E-state index is 0.745. The average molecular weight is 310 g/mol. The molecule has 4 nitrogen and oxygen atoms in total. The van der Waals surface area contributed by atoms with Gasteiger partial charge in [-0.25, -0.2) is 0 Å². The Hall–Kier alpha value is -1.57. The van der Waals surface area contributed by atoms with Gasteiger partial charge in [0.2, 0.25) is 0 Å². The highest BCUT2D eigenvalue weighted by atomic mass is 15.3. The standard InChI is InChI=1S/C19H26N4/c1-21-17-6-7-18(21)13-19(12-17)23-10-8-22(9-11-23)16-4-2-15(14-20)3-5-16/h2-5,17-19H,6-13H2,1H3. The molecule has 0 amide bonds. The van der Waals surface area contributed by atoms with Crippen LogP contribution in [0.15, 0.2) is 24.3 Å². The van der Waals surface area contributed by atoms with Crippen molar-refractivity contribution in [2.45, 2.75) is 43.8 Å². The number of anilines is 1. The quantitative estimate of drug-likeness (QED) is 0.839. The molecule has 3 aliphatic heterocycles. The Morgan fingerprint density at radius 2 is 1.52 bits per heavy atom. The predicted molar refractivity (Wildman–Crippen MR) is 92.5 cm³/mol. The molecule has 122 valence electrons. The fourth-order valence-electron chi connectivity index (χ4n) is 4.77. The molecule has 2 atom stereocenters. The first-order valence-electron chi connectivity index (χ1n) is 8.95. The summed E-state index contributed by atoms with van der Waals surface area (Å²) in [5.41, 5.74) is 2.00. The Bertz CT molecular complexity index is 568. The van der Waals surface area contributed by atoms with Crippen LogP contribution < -0.4 is 4.90 Å². The van der Waals surface area contributed by atoms with Crippen LogP contribution in [0.1, 0.15) is 31.2 Å². The molecule has 0 radical (unpaired) electrons. The second kappa shape index (κ2) is 6.14. The molecule has 3 aliphatic rings. The van der Waals surface area contributed by atoms with Crippen molar-refractivity contribution in [2.24, 2.45) is 0 Å². The second-order valence-electron chi connectivity index (χ2n) is 7.36. The Morgan fingerprint density at radius 3 is 2.09 bits per heavy atom. The fraction of sp³-hybridized carbons (Fsp3) is 0.632. The third-order valence-corrected chi connectivity index (χ3v) is 6.27. The molecule has 3 heterocycles. The number of piperidine rings is 1. The largest absolute Gasteiger partial charge is 0.369 e. The summed E-state index contributed by atoms with van der Waals surface area (Å²) in [6.07, 6.45) is 5.54. The van der Waals surface area contributed by atoms with Gasteiger partial charge in [0.25, 0.3) is 0 Å². The lowest BCUT2D eigenvalue weighted by molar-refractivity contribution is 0.0719. The SMILES string of the molecule is CN1C2CCC1CC(N1CCN(c3ccc(C#N)cc3)CC1)C2. The van der Waals surface area contributed by atoms with Gasteiger partial charge in [-0.05, 0) is 57.0 Å². The molecular formula is C19H26N4. The number of nitriles is 1. The number of nitrogens with zero attached hydrogens (tertiary/aromatic N) is 4. The Kier molecular flexibility index (Phi) is 4.00. The summed E-state index contributed by atoms with van der Waals surface area (Å²) in [7, 11) is 2.32. The third-order valence-electron chi connectivity index (χ3n) is 6.27. The topological polar surface area (TPSA) is 33.5 Å². The first-order valence-corrected chi connectivity index (χ1v) is 8.95. The summed E-state index contributed by atoms with van der Waals surface area (Å²) in [6.45, 7) is 4.56. The molecule has 4 heteroatoms. The molecule has 3 fully saturated rings. The fourth-order valence-corrected chi connectivity index (χ4v) is 4.77. The molecule has 0 saturated carbocycles. The molecule has 0 spiro atoms. The molecule has 23 heavy (non-hydrogen) atoms. The average Bonchev–Trinajstić information content (AvgIpc) is 2.83. The maximum atomic E-state index is 8.91. The molecule has 0 aliphatic carbocycles. The molecule has 0 aromatic heterocycles. The van der Waals surface area contributed by atoms with Crippen molar-refractivity contribution >= 4 is 5.69 Å². The van der Waals surface area contributed by atoms with Crippen LogP contribution in [0.5, 0.6) is 0 Å². The van der Waals surface area contributed by atoms with Gasteiger partial charge in [-0.2, -0.15) is 5.26 Å². The van der Waals surface area contributed by atoms with E-state index >= 15 is 0 Å². The van der Waals surface area contributed by atoms with Crippen LogP contribution in [0.4, 0.5) is 5.69 Å². The summed E-state index contributed by atoms with van der Waals surface area (Å²) >= 11 is 0. The maximum absolute atomic E-state index is 8.91. The molecule has 1 aromatic carbocycles. The summed E-state index contributed by atoms with van der Waals surface area (Å²) in [5, 5.41) is 8.91. The van der Waals surface area contributed by atoms with Crippen LogP contribution in [0.2, 0.25) is 0 Å². The number of benzene rings is 1. The first kappa shape index (κ1) is 15.0. The maximum Gasteiger partial charge on any atom is 0.0991 e. The number of rotatable bonds is 2. The van der Waals surface area contributed by atoms with Crippen molar-refractivity contribution in [3.63, 3.8) is 0 Å². The van der Waals surface area contributed by atoms with E-state index in [0.717, 1.165) is 36.8 Å². The van der Waals surface area contributed by atoms with Gasteiger partial charge in [0, 0.05) is 50.0 Å². The minimum Gasteiger partial charge on any atom is -0.369 e. The zero-order valence-electron chi connectivity index (χ0n) is 14.0. The van der Waals surface area contributed by atoms with Crippen molar-refractivity contribution in [1.82, 2.24) is 9.80 Å². The van der Waals surface area contributed by atoms with Crippen LogP contribution in [0, 0.1) is 11.3 Å². The van der Waals surface area contributed by atoms with Crippen LogP contribution >= 0.6 is 0 Å². The van der Waals surface area contributed by atoms with Gasteiger partial charge in [-0.3, -0.25) is 4.90 Å². The summed E-state index contributed by atoms with van der Waals surface area (Å²) in [5.74, 6) is 0. The molecule has 0 N–H and O–H groups in total. The van der Waals surface area contributed by atoms with Gasteiger partial charge < -0.3 is 9.80 Å². The van der Waals surface area contributed by atoms with E-state index in [0.29, 0.717) is 0 Å². The normalized spacial score (nSPS) is 32.0. The highest BCUT2D eigenvalue weighted by Crippen LogP contribution is 2.36.